The van der Waals surface area contributed by atoms with Gasteiger partial charge < -0.3 is 18.8 Å². The van der Waals surface area contributed by atoms with Gasteiger partial charge in [0.05, 0.1) is 19.7 Å². The molecule has 0 aliphatic rings. The van der Waals surface area contributed by atoms with Gasteiger partial charge in [-0.1, -0.05) is 12.1 Å². The Labute approximate surface area is 150 Å². The lowest BCUT2D eigenvalue weighted by Gasteiger charge is -2.14. The standard InChI is InChI=1S/C20H19NO5/c1-12(22)26-14-7-5-13(6-8-14)16-11-17-18(21(2)20(16)23)9-15(24-3)10-19(17)25-4/h5-11H,1-4H3. The number of rotatable bonds is 4. The van der Waals surface area contributed by atoms with Crippen LogP contribution in [-0.2, 0) is 11.8 Å². The molecule has 0 spiro atoms. The Morgan fingerprint density at radius 1 is 0.962 bits per heavy atom. The lowest BCUT2D eigenvalue weighted by atomic mass is 10.0. The largest absolute Gasteiger partial charge is 0.497 e. The molecule has 0 amide bonds. The minimum Gasteiger partial charge on any atom is -0.497 e. The van der Waals surface area contributed by atoms with Crippen LogP contribution in [0.4, 0.5) is 0 Å². The van der Waals surface area contributed by atoms with Crippen molar-refractivity contribution in [1.82, 2.24) is 4.57 Å². The monoisotopic (exact) mass is 353 g/mol. The van der Waals surface area contributed by atoms with Crippen LogP contribution in [0.15, 0.2) is 47.3 Å². The van der Waals surface area contributed by atoms with Crippen molar-refractivity contribution in [2.45, 2.75) is 6.92 Å². The summed E-state index contributed by atoms with van der Waals surface area (Å²) in [7, 11) is 4.85. The lowest BCUT2D eigenvalue weighted by molar-refractivity contribution is -0.131. The van der Waals surface area contributed by atoms with Gasteiger partial charge in [-0.2, -0.15) is 0 Å². The molecule has 0 bridgehead atoms. The topological polar surface area (TPSA) is 66.8 Å². The normalized spacial score (nSPS) is 10.6. The first-order chi connectivity index (χ1) is 12.4. The second kappa shape index (κ2) is 6.92. The van der Waals surface area contributed by atoms with Gasteiger partial charge in [0, 0.05) is 37.1 Å². The Kier molecular flexibility index (Phi) is 4.67. The number of nitrogens with zero attached hydrogens (tertiary/aromatic N) is 1. The predicted molar refractivity (Wildman–Crippen MR) is 99.0 cm³/mol. The van der Waals surface area contributed by atoms with E-state index < -0.39 is 5.97 Å². The van der Waals surface area contributed by atoms with Crippen molar-refractivity contribution in [2.24, 2.45) is 7.05 Å². The highest BCUT2D eigenvalue weighted by Crippen LogP contribution is 2.32. The molecule has 0 N–H and O–H groups in total. The summed E-state index contributed by atoms with van der Waals surface area (Å²) in [5.74, 6) is 1.27. The number of fused-ring (bicyclic) bond motifs is 1. The molecule has 0 unspecified atom stereocenters. The molecule has 2 aromatic carbocycles. The van der Waals surface area contributed by atoms with Gasteiger partial charge in [0.15, 0.2) is 0 Å². The molecule has 6 nitrogen and oxygen atoms in total. The molecule has 0 saturated heterocycles. The minimum absolute atomic E-state index is 0.145. The smallest absolute Gasteiger partial charge is 0.308 e. The fourth-order valence-electron chi connectivity index (χ4n) is 2.87. The predicted octanol–water partition coefficient (Wildman–Crippen LogP) is 3.15. The van der Waals surface area contributed by atoms with Gasteiger partial charge in [-0.25, -0.2) is 0 Å². The summed E-state index contributed by atoms with van der Waals surface area (Å²) in [5.41, 5.74) is 1.82. The summed E-state index contributed by atoms with van der Waals surface area (Å²) in [6.45, 7) is 1.34. The lowest BCUT2D eigenvalue weighted by Crippen LogP contribution is -2.19. The molecule has 134 valence electrons. The maximum absolute atomic E-state index is 12.8. The number of carbonyl (C=O) groups excluding carboxylic acids is 1. The molecule has 0 radical (unpaired) electrons. The van der Waals surface area contributed by atoms with E-state index in [1.165, 1.54) is 6.92 Å². The average Bonchev–Trinajstić information content (AvgIpc) is 2.64. The number of aryl methyl sites for hydroxylation is 1. The number of ether oxygens (including phenoxy) is 3. The second-order valence-corrected chi connectivity index (χ2v) is 5.80. The zero-order chi connectivity index (χ0) is 18.8. The van der Waals surface area contributed by atoms with Crippen LogP contribution >= 0.6 is 0 Å². The number of methoxy groups -OCH3 is 2. The number of benzene rings is 2. The van der Waals surface area contributed by atoms with Crippen molar-refractivity contribution in [1.29, 1.82) is 0 Å². The van der Waals surface area contributed by atoms with Crippen LogP contribution in [0, 0.1) is 0 Å². The SMILES string of the molecule is COc1cc(OC)c2cc(-c3ccc(OC(C)=O)cc3)c(=O)n(C)c2c1. The van der Waals surface area contributed by atoms with Crippen LogP contribution in [0.25, 0.3) is 22.0 Å². The second-order valence-electron chi connectivity index (χ2n) is 5.80. The number of pyridine rings is 1. The highest BCUT2D eigenvalue weighted by Gasteiger charge is 2.14. The number of aromatic nitrogens is 1. The fourth-order valence-corrected chi connectivity index (χ4v) is 2.87. The molecule has 0 saturated carbocycles. The molecule has 1 heterocycles. The van der Waals surface area contributed by atoms with Crippen LogP contribution in [0.1, 0.15) is 6.92 Å². The summed E-state index contributed by atoms with van der Waals surface area (Å²) < 4.78 is 17.3. The molecule has 6 heteroatoms. The number of hydrogen-bond donors (Lipinski definition) is 0. The van der Waals surface area contributed by atoms with E-state index in [-0.39, 0.29) is 5.56 Å². The van der Waals surface area contributed by atoms with Crippen molar-refractivity contribution >= 4 is 16.9 Å². The van der Waals surface area contributed by atoms with Crippen molar-refractivity contribution in [2.75, 3.05) is 14.2 Å². The quantitative estimate of drug-likeness (QED) is 0.532. The van der Waals surface area contributed by atoms with E-state index in [1.54, 1.807) is 68.3 Å². The van der Waals surface area contributed by atoms with Gasteiger partial charge in [-0.3, -0.25) is 9.59 Å². The molecule has 1 aromatic heterocycles. The van der Waals surface area contributed by atoms with E-state index in [0.29, 0.717) is 28.3 Å². The zero-order valence-electron chi connectivity index (χ0n) is 15.0. The van der Waals surface area contributed by atoms with Crippen molar-refractivity contribution < 1.29 is 19.0 Å². The molecule has 0 aliphatic carbocycles. The van der Waals surface area contributed by atoms with Gasteiger partial charge in [0.25, 0.3) is 5.56 Å². The van der Waals surface area contributed by atoms with Crippen molar-refractivity contribution in [3.63, 3.8) is 0 Å². The average molecular weight is 353 g/mol. The summed E-state index contributed by atoms with van der Waals surface area (Å²) in [6, 6.07) is 12.2. The van der Waals surface area contributed by atoms with Crippen molar-refractivity contribution in [3.8, 4) is 28.4 Å². The maximum atomic E-state index is 12.8. The highest BCUT2D eigenvalue weighted by molar-refractivity contribution is 5.90. The molecular formula is C20H19NO5. The van der Waals surface area contributed by atoms with E-state index in [9.17, 15) is 9.59 Å². The number of esters is 1. The van der Waals surface area contributed by atoms with E-state index in [4.69, 9.17) is 14.2 Å². The van der Waals surface area contributed by atoms with Gasteiger partial charge in [-0.15, -0.1) is 0 Å². The third kappa shape index (κ3) is 3.13. The van der Waals surface area contributed by atoms with E-state index >= 15 is 0 Å². The molecule has 3 rings (SSSR count). The Balaban J connectivity index is 2.19. The number of hydrogen-bond acceptors (Lipinski definition) is 5. The fraction of sp³-hybridized carbons (Fsp3) is 0.200. The number of carbonyl (C=O) groups is 1. The Bertz CT molecular complexity index is 1030. The van der Waals surface area contributed by atoms with Crippen molar-refractivity contribution in [3.05, 3.63) is 52.8 Å². The van der Waals surface area contributed by atoms with E-state index in [1.807, 2.05) is 0 Å². The summed E-state index contributed by atoms with van der Waals surface area (Å²) in [4.78, 5) is 23.9. The molecular weight excluding hydrogens is 334 g/mol. The van der Waals surface area contributed by atoms with Gasteiger partial charge in [0.2, 0.25) is 0 Å². The molecule has 0 atom stereocenters. The first-order valence-corrected chi connectivity index (χ1v) is 7.99. The molecule has 0 aliphatic heterocycles. The Hall–Kier alpha value is -3.28. The van der Waals surface area contributed by atoms with Gasteiger partial charge >= 0.3 is 5.97 Å². The van der Waals surface area contributed by atoms with Crippen LogP contribution in [0.3, 0.4) is 0 Å². The molecule has 0 fully saturated rings. The van der Waals surface area contributed by atoms with Gasteiger partial charge in [-0.05, 0) is 23.8 Å². The van der Waals surface area contributed by atoms with Crippen LogP contribution in [-0.4, -0.2) is 24.8 Å². The van der Waals surface area contributed by atoms with Crippen LogP contribution < -0.4 is 19.8 Å². The Morgan fingerprint density at radius 3 is 2.23 bits per heavy atom. The zero-order valence-corrected chi connectivity index (χ0v) is 15.0. The van der Waals surface area contributed by atoms with Crippen LogP contribution in [0.2, 0.25) is 0 Å². The Morgan fingerprint density at radius 2 is 1.65 bits per heavy atom. The summed E-state index contributed by atoms with van der Waals surface area (Å²) in [6.07, 6.45) is 0. The van der Waals surface area contributed by atoms with Crippen LogP contribution in [0.5, 0.6) is 17.2 Å². The maximum Gasteiger partial charge on any atom is 0.308 e. The molecule has 3 aromatic rings. The first kappa shape index (κ1) is 17.5. The summed E-state index contributed by atoms with van der Waals surface area (Å²) >= 11 is 0. The first-order valence-electron chi connectivity index (χ1n) is 7.99. The third-order valence-electron chi connectivity index (χ3n) is 4.16. The van der Waals surface area contributed by atoms with Gasteiger partial charge in [0.1, 0.15) is 17.2 Å². The van der Waals surface area contributed by atoms with E-state index in [0.717, 1.165) is 10.9 Å². The summed E-state index contributed by atoms with van der Waals surface area (Å²) in [5, 5.41) is 0.800. The third-order valence-corrected chi connectivity index (χ3v) is 4.16. The molecule has 26 heavy (non-hydrogen) atoms. The highest BCUT2D eigenvalue weighted by atomic mass is 16.5. The van der Waals surface area contributed by atoms with E-state index in [2.05, 4.69) is 0 Å². The minimum atomic E-state index is -0.391.